The van der Waals surface area contributed by atoms with Gasteiger partial charge >= 0.3 is 0 Å². The van der Waals surface area contributed by atoms with Crippen LogP contribution in [0.1, 0.15) is 37.7 Å². The first-order valence-electron chi connectivity index (χ1n) is 6.33. The van der Waals surface area contributed by atoms with Gasteiger partial charge in [0.2, 0.25) is 0 Å². The minimum Gasteiger partial charge on any atom is -0.344 e. The molecule has 0 aromatic heterocycles. The molecule has 2 aliphatic rings. The molecule has 2 nitrogen and oxygen atoms in total. The van der Waals surface area contributed by atoms with Crippen LogP contribution in [0, 0.1) is 0 Å². The van der Waals surface area contributed by atoms with Gasteiger partial charge in [-0.1, -0.05) is 37.5 Å². The molecule has 0 bridgehead atoms. The Morgan fingerprint density at radius 2 is 1.88 bits per heavy atom. The average molecular weight is 214 g/mol. The molecular formula is C14H18N2. The van der Waals surface area contributed by atoms with Crippen LogP contribution in [-0.4, -0.2) is 11.9 Å². The quantitative estimate of drug-likeness (QED) is 0.761. The molecule has 0 atom stereocenters. The summed E-state index contributed by atoms with van der Waals surface area (Å²) in [5, 5.41) is 3.43. The number of rotatable bonds is 1. The van der Waals surface area contributed by atoms with Gasteiger partial charge in [0.05, 0.1) is 6.04 Å². The van der Waals surface area contributed by atoms with Gasteiger partial charge in [-0.3, -0.25) is 4.99 Å². The Bertz CT molecular complexity index is 376. The second kappa shape index (κ2) is 4.28. The van der Waals surface area contributed by atoms with E-state index in [1.807, 2.05) is 0 Å². The van der Waals surface area contributed by atoms with Gasteiger partial charge in [-0.15, -0.1) is 0 Å². The lowest BCUT2D eigenvalue weighted by atomic mass is 9.96. The fourth-order valence-corrected chi connectivity index (χ4v) is 2.68. The number of para-hydroxylation sites is 1. The van der Waals surface area contributed by atoms with Crippen LogP contribution in [0.4, 0.5) is 5.69 Å². The van der Waals surface area contributed by atoms with Gasteiger partial charge < -0.3 is 5.32 Å². The van der Waals surface area contributed by atoms with Crippen LogP contribution in [0.5, 0.6) is 0 Å². The fourth-order valence-electron chi connectivity index (χ4n) is 2.68. The predicted octanol–water partition coefficient (Wildman–Crippen LogP) is 3.39. The number of amidine groups is 1. The first-order chi connectivity index (χ1) is 7.92. The highest BCUT2D eigenvalue weighted by Crippen LogP contribution is 2.25. The standard InChI is InChI=1S/C14H18N2/c1-2-7-12(8-3-1)15-14-10-11-6-4-5-9-13(11)16-14/h4-6,9,12H,1-3,7-8,10H2,(H,15,16). The summed E-state index contributed by atoms with van der Waals surface area (Å²) in [4.78, 5) is 4.86. The third kappa shape index (κ3) is 1.97. The van der Waals surface area contributed by atoms with E-state index in [-0.39, 0.29) is 0 Å². The van der Waals surface area contributed by atoms with Gasteiger partial charge in [0.15, 0.2) is 0 Å². The molecule has 0 amide bonds. The third-order valence-corrected chi connectivity index (χ3v) is 3.57. The highest BCUT2D eigenvalue weighted by Gasteiger charge is 2.18. The van der Waals surface area contributed by atoms with E-state index >= 15 is 0 Å². The number of aliphatic imine (C=N–C) groups is 1. The van der Waals surface area contributed by atoms with E-state index in [0.29, 0.717) is 6.04 Å². The average Bonchev–Trinajstić information content (AvgIpc) is 2.72. The van der Waals surface area contributed by atoms with Crippen molar-refractivity contribution in [3.8, 4) is 0 Å². The lowest BCUT2D eigenvalue weighted by Crippen LogP contribution is -2.16. The molecule has 3 rings (SSSR count). The van der Waals surface area contributed by atoms with Crippen LogP contribution < -0.4 is 5.32 Å². The molecule has 1 aliphatic carbocycles. The Labute approximate surface area is 96.8 Å². The van der Waals surface area contributed by atoms with Crippen LogP contribution in [0.2, 0.25) is 0 Å². The Kier molecular flexibility index (Phi) is 2.65. The molecule has 1 fully saturated rings. The molecule has 84 valence electrons. The predicted molar refractivity (Wildman–Crippen MR) is 68.1 cm³/mol. The maximum atomic E-state index is 4.86. The van der Waals surface area contributed by atoms with Crippen molar-refractivity contribution in [2.75, 3.05) is 5.32 Å². The van der Waals surface area contributed by atoms with Crippen LogP contribution >= 0.6 is 0 Å². The monoisotopic (exact) mass is 214 g/mol. The second-order valence-corrected chi connectivity index (χ2v) is 4.83. The van der Waals surface area contributed by atoms with E-state index in [0.717, 1.165) is 6.42 Å². The molecule has 1 aromatic carbocycles. The van der Waals surface area contributed by atoms with Crippen molar-refractivity contribution in [1.82, 2.24) is 0 Å². The number of hydrogen-bond donors (Lipinski definition) is 1. The van der Waals surface area contributed by atoms with E-state index in [1.165, 1.54) is 49.2 Å². The van der Waals surface area contributed by atoms with Crippen molar-refractivity contribution >= 4 is 11.5 Å². The number of fused-ring (bicyclic) bond motifs is 1. The highest BCUT2D eigenvalue weighted by atomic mass is 15.0. The minimum absolute atomic E-state index is 0.575. The number of nitrogens with one attached hydrogen (secondary N) is 1. The summed E-state index contributed by atoms with van der Waals surface area (Å²) in [6, 6.07) is 9.08. The lowest BCUT2D eigenvalue weighted by Gasteiger charge is -2.18. The summed E-state index contributed by atoms with van der Waals surface area (Å²) in [6.07, 6.45) is 7.66. The van der Waals surface area contributed by atoms with E-state index in [2.05, 4.69) is 29.6 Å². The van der Waals surface area contributed by atoms with Gasteiger partial charge in [0.1, 0.15) is 5.84 Å². The minimum atomic E-state index is 0.575. The molecule has 16 heavy (non-hydrogen) atoms. The molecular weight excluding hydrogens is 196 g/mol. The third-order valence-electron chi connectivity index (χ3n) is 3.57. The Morgan fingerprint density at radius 3 is 2.69 bits per heavy atom. The molecule has 0 radical (unpaired) electrons. The summed E-state index contributed by atoms with van der Waals surface area (Å²) in [6.45, 7) is 0. The summed E-state index contributed by atoms with van der Waals surface area (Å²) in [5.41, 5.74) is 2.63. The summed E-state index contributed by atoms with van der Waals surface area (Å²) >= 11 is 0. The summed E-state index contributed by atoms with van der Waals surface area (Å²) in [7, 11) is 0. The Morgan fingerprint density at radius 1 is 1.06 bits per heavy atom. The SMILES string of the molecule is c1ccc2c(c1)CC(=NC1CCCCC1)N2. The van der Waals surface area contributed by atoms with E-state index in [1.54, 1.807) is 0 Å². The Hall–Kier alpha value is -1.31. The molecule has 1 N–H and O–H groups in total. The normalized spacial score (nSPS) is 23.1. The number of benzene rings is 1. The van der Waals surface area contributed by atoms with Crippen LogP contribution in [0.25, 0.3) is 0 Å². The molecule has 1 aliphatic heterocycles. The number of anilines is 1. The maximum Gasteiger partial charge on any atom is 0.106 e. The van der Waals surface area contributed by atoms with Crippen LogP contribution in [0.15, 0.2) is 29.3 Å². The molecule has 1 saturated carbocycles. The van der Waals surface area contributed by atoms with Crippen molar-refractivity contribution in [3.63, 3.8) is 0 Å². The highest BCUT2D eigenvalue weighted by molar-refractivity contribution is 6.03. The Balaban J connectivity index is 1.72. The van der Waals surface area contributed by atoms with Crippen LogP contribution in [0.3, 0.4) is 0 Å². The summed E-state index contributed by atoms with van der Waals surface area (Å²) < 4.78 is 0. The van der Waals surface area contributed by atoms with E-state index in [4.69, 9.17) is 4.99 Å². The van der Waals surface area contributed by atoms with Gasteiger partial charge in [0, 0.05) is 12.1 Å². The fraction of sp³-hybridized carbons (Fsp3) is 0.500. The van der Waals surface area contributed by atoms with Crippen molar-refractivity contribution < 1.29 is 0 Å². The first-order valence-corrected chi connectivity index (χ1v) is 6.33. The smallest absolute Gasteiger partial charge is 0.106 e. The molecule has 2 heteroatoms. The van der Waals surface area contributed by atoms with Crippen LogP contribution in [-0.2, 0) is 6.42 Å². The molecule has 0 unspecified atom stereocenters. The molecule has 0 spiro atoms. The zero-order chi connectivity index (χ0) is 10.8. The zero-order valence-electron chi connectivity index (χ0n) is 9.58. The summed E-state index contributed by atoms with van der Waals surface area (Å²) in [5.74, 6) is 1.17. The first kappa shape index (κ1) is 9.88. The van der Waals surface area contributed by atoms with Gasteiger partial charge in [-0.2, -0.15) is 0 Å². The molecule has 1 heterocycles. The zero-order valence-corrected chi connectivity index (χ0v) is 9.58. The van der Waals surface area contributed by atoms with Crippen molar-refractivity contribution in [1.29, 1.82) is 0 Å². The lowest BCUT2D eigenvalue weighted by molar-refractivity contribution is 0.443. The molecule has 0 saturated heterocycles. The van der Waals surface area contributed by atoms with Gasteiger partial charge in [-0.25, -0.2) is 0 Å². The van der Waals surface area contributed by atoms with Crippen molar-refractivity contribution in [2.24, 2.45) is 4.99 Å². The number of hydrogen-bond acceptors (Lipinski definition) is 1. The topological polar surface area (TPSA) is 24.4 Å². The largest absolute Gasteiger partial charge is 0.344 e. The van der Waals surface area contributed by atoms with Gasteiger partial charge in [-0.05, 0) is 24.5 Å². The van der Waals surface area contributed by atoms with E-state index in [9.17, 15) is 0 Å². The number of nitrogens with zero attached hydrogens (tertiary/aromatic N) is 1. The van der Waals surface area contributed by atoms with E-state index < -0.39 is 0 Å². The maximum absolute atomic E-state index is 4.86. The molecule has 1 aromatic rings. The van der Waals surface area contributed by atoms with Crippen molar-refractivity contribution in [2.45, 2.75) is 44.6 Å². The van der Waals surface area contributed by atoms with Gasteiger partial charge in [0.25, 0.3) is 0 Å². The second-order valence-electron chi connectivity index (χ2n) is 4.83. The van der Waals surface area contributed by atoms with Crippen molar-refractivity contribution in [3.05, 3.63) is 29.8 Å².